The van der Waals surface area contributed by atoms with Gasteiger partial charge in [0.2, 0.25) is 5.91 Å². The molecule has 2 aromatic rings. The average molecular weight is 382 g/mol. The van der Waals surface area contributed by atoms with Crippen LogP contribution in [-0.4, -0.2) is 42.6 Å². The van der Waals surface area contributed by atoms with Crippen molar-refractivity contribution in [3.63, 3.8) is 0 Å². The lowest BCUT2D eigenvalue weighted by Crippen LogP contribution is -2.64. The van der Waals surface area contributed by atoms with Gasteiger partial charge in [-0.3, -0.25) is 15.0 Å². The van der Waals surface area contributed by atoms with Crippen molar-refractivity contribution >= 4 is 17.8 Å². The molecule has 0 radical (unpaired) electrons. The molecule has 7 heteroatoms. The Kier molecular flexibility index (Phi) is 5.35. The fourth-order valence-corrected chi connectivity index (χ4v) is 3.55. The molecule has 0 saturated heterocycles. The lowest BCUT2D eigenvalue weighted by Gasteiger charge is -2.38. The first-order valence-corrected chi connectivity index (χ1v) is 8.82. The second-order valence-electron chi connectivity index (χ2n) is 6.68. The van der Waals surface area contributed by atoms with Crippen LogP contribution in [0.1, 0.15) is 28.4 Å². The van der Waals surface area contributed by atoms with Crippen molar-refractivity contribution in [2.24, 2.45) is 0 Å². The van der Waals surface area contributed by atoms with Gasteiger partial charge in [0.1, 0.15) is 5.75 Å². The van der Waals surface area contributed by atoms with Crippen LogP contribution < -0.4 is 10.2 Å². The minimum atomic E-state index is -1.36. The number of carbonyl (C=O) groups is 3. The van der Waals surface area contributed by atoms with E-state index in [2.05, 4.69) is 5.43 Å². The molecule has 1 N–H and O–H groups in total. The summed E-state index contributed by atoms with van der Waals surface area (Å²) in [6.45, 7) is 1.29. The lowest BCUT2D eigenvalue weighted by molar-refractivity contribution is -0.156. The number of esters is 1. The van der Waals surface area contributed by atoms with Crippen LogP contribution in [0.25, 0.3) is 0 Å². The second-order valence-corrected chi connectivity index (χ2v) is 6.68. The number of nitrogens with one attached hydrogen (secondary N) is 1. The van der Waals surface area contributed by atoms with Gasteiger partial charge in [0, 0.05) is 25.3 Å². The third kappa shape index (κ3) is 3.43. The molecule has 1 aliphatic carbocycles. The molecular formula is C21H22N2O5. The zero-order valence-corrected chi connectivity index (χ0v) is 16.0. The van der Waals surface area contributed by atoms with Crippen LogP contribution in [0.3, 0.4) is 0 Å². The first-order valence-electron chi connectivity index (χ1n) is 8.82. The number of carbonyl (C=O) groups excluding carboxylic acids is 3. The molecule has 1 aliphatic rings. The average Bonchev–Trinajstić information content (AvgIpc) is 3.11. The quantitative estimate of drug-likeness (QED) is 0.645. The number of benzene rings is 2. The molecule has 0 aromatic heterocycles. The molecule has 146 valence electrons. The molecule has 0 fully saturated rings. The van der Waals surface area contributed by atoms with Crippen LogP contribution in [-0.2, 0) is 27.2 Å². The van der Waals surface area contributed by atoms with Crippen molar-refractivity contribution in [3.8, 4) is 5.75 Å². The SMILES string of the molecule is COC(=O)C1(N(NC(C)=O)C(=O)c2ccc(OC)cc2)Cc2ccccc2C1. The molecule has 0 atom stereocenters. The predicted molar refractivity (Wildman–Crippen MR) is 102 cm³/mol. The summed E-state index contributed by atoms with van der Waals surface area (Å²) in [4.78, 5) is 38.1. The molecule has 0 saturated carbocycles. The molecule has 0 unspecified atom stereocenters. The number of ether oxygens (including phenoxy) is 2. The third-order valence-corrected chi connectivity index (χ3v) is 4.89. The molecular weight excluding hydrogens is 360 g/mol. The third-order valence-electron chi connectivity index (χ3n) is 4.89. The van der Waals surface area contributed by atoms with E-state index in [1.54, 1.807) is 24.3 Å². The first-order chi connectivity index (χ1) is 13.4. The van der Waals surface area contributed by atoms with Gasteiger partial charge in [-0.15, -0.1) is 0 Å². The van der Waals surface area contributed by atoms with E-state index < -0.39 is 23.3 Å². The van der Waals surface area contributed by atoms with Gasteiger partial charge in [0.25, 0.3) is 5.91 Å². The minimum Gasteiger partial charge on any atom is -0.497 e. The van der Waals surface area contributed by atoms with Crippen LogP contribution in [0.2, 0.25) is 0 Å². The minimum absolute atomic E-state index is 0.248. The number of hydrogen-bond donors (Lipinski definition) is 1. The molecule has 0 bridgehead atoms. The summed E-state index contributed by atoms with van der Waals surface area (Å²) in [6.07, 6.45) is 0.496. The van der Waals surface area contributed by atoms with Gasteiger partial charge >= 0.3 is 5.97 Å². The van der Waals surface area contributed by atoms with Gasteiger partial charge in [-0.2, -0.15) is 0 Å². The number of hydrazine groups is 1. The molecule has 0 heterocycles. The maximum Gasteiger partial charge on any atom is 0.334 e. The van der Waals surface area contributed by atoms with Gasteiger partial charge in [-0.05, 0) is 35.4 Å². The van der Waals surface area contributed by atoms with Crippen molar-refractivity contribution in [2.75, 3.05) is 14.2 Å². The highest BCUT2D eigenvalue weighted by atomic mass is 16.5. The van der Waals surface area contributed by atoms with Crippen LogP contribution in [0.5, 0.6) is 5.75 Å². The van der Waals surface area contributed by atoms with Gasteiger partial charge in [-0.1, -0.05) is 24.3 Å². The van der Waals surface area contributed by atoms with Crippen LogP contribution >= 0.6 is 0 Å². The van der Waals surface area contributed by atoms with Gasteiger partial charge < -0.3 is 9.47 Å². The largest absolute Gasteiger partial charge is 0.497 e. The summed E-state index contributed by atoms with van der Waals surface area (Å²) in [7, 11) is 2.80. The maximum absolute atomic E-state index is 13.3. The summed E-state index contributed by atoms with van der Waals surface area (Å²) in [6, 6.07) is 14.0. The zero-order valence-electron chi connectivity index (χ0n) is 16.0. The summed E-state index contributed by atoms with van der Waals surface area (Å²) >= 11 is 0. The molecule has 0 spiro atoms. The van der Waals surface area contributed by atoms with Crippen LogP contribution in [0.15, 0.2) is 48.5 Å². The Balaban J connectivity index is 2.05. The Morgan fingerprint density at radius 1 is 0.964 bits per heavy atom. The van der Waals surface area contributed by atoms with Crippen molar-refractivity contribution < 1.29 is 23.9 Å². The first kappa shape index (κ1) is 19.4. The normalized spacial score (nSPS) is 14.0. The standard InChI is InChI=1S/C21H22N2O5/c1-14(24)22-23(19(25)15-8-10-18(27-2)11-9-15)21(20(26)28-3)12-16-6-4-5-7-17(16)13-21/h4-11H,12-13H2,1-3H3,(H,22,24). The van der Waals surface area contributed by atoms with E-state index in [4.69, 9.17) is 9.47 Å². The number of nitrogens with zero attached hydrogens (tertiary/aromatic N) is 1. The molecule has 28 heavy (non-hydrogen) atoms. The Morgan fingerprint density at radius 2 is 1.54 bits per heavy atom. The van der Waals surface area contributed by atoms with Gasteiger partial charge in [-0.25, -0.2) is 9.80 Å². The highest BCUT2D eigenvalue weighted by molar-refractivity contribution is 5.99. The van der Waals surface area contributed by atoms with Crippen LogP contribution in [0.4, 0.5) is 0 Å². The van der Waals surface area contributed by atoms with Crippen molar-refractivity contribution in [2.45, 2.75) is 25.3 Å². The Morgan fingerprint density at radius 3 is 2.00 bits per heavy atom. The predicted octanol–water partition coefficient (Wildman–Crippen LogP) is 1.90. The fraction of sp³-hybridized carbons (Fsp3) is 0.286. The maximum atomic E-state index is 13.3. The second kappa shape index (κ2) is 7.72. The number of rotatable bonds is 4. The summed E-state index contributed by atoms with van der Waals surface area (Å²) in [5.41, 5.74) is 3.38. The molecule has 2 amide bonds. The summed E-state index contributed by atoms with van der Waals surface area (Å²) in [5, 5.41) is 1.11. The molecule has 3 rings (SSSR count). The Bertz CT molecular complexity index is 882. The van der Waals surface area contributed by atoms with E-state index in [1.807, 2.05) is 24.3 Å². The highest BCUT2D eigenvalue weighted by Gasteiger charge is 2.52. The highest BCUT2D eigenvalue weighted by Crippen LogP contribution is 2.36. The lowest BCUT2D eigenvalue weighted by atomic mass is 9.93. The smallest absolute Gasteiger partial charge is 0.334 e. The fourth-order valence-electron chi connectivity index (χ4n) is 3.55. The Hall–Kier alpha value is -3.35. The number of amides is 2. The van der Waals surface area contributed by atoms with E-state index in [1.165, 1.54) is 21.1 Å². The van der Waals surface area contributed by atoms with E-state index in [0.717, 1.165) is 16.1 Å². The van der Waals surface area contributed by atoms with Crippen molar-refractivity contribution in [3.05, 3.63) is 65.2 Å². The zero-order chi connectivity index (χ0) is 20.3. The monoisotopic (exact) mass is 382 g/mol. The van der Waals surface area contributed by atoms with Crippen molar-refractivity contribution in [1.82, 2.24) is 10.4 Å². The van der Waals surface area contributed by atoms with E-state index >= 15 is 0 Å². The van der Waals surface area contributed by atoms with Crippen molar-refractivity contribution in [1.29, 1.82) is 0 Å². The number of fused-ring (bicyclic) bond motifs is 1. The van der Waals surface area contributed by atoms with Crippen LogP contribution in [0, 0.1) is 0 Å². The van der Waals surface area contributed by atoms with E-state index in [-0.39, 0.29) is 12.8 Å². The van der Waals surface area contributed by atoms with E-state index in [9.17, 15) is 14.4 Å². The molecule has 0 aliphatic heterocycles. The molecule has 2 aromatic carbocycles. The summed E-state index contributed by atoms with van der Waals surface area (Å²) < 4.78 is 10.2. The number of hydrogen-bond acceptors (Lipinski definition) is 5. The topological polar surface area (TPSA) is 84.9 Å². The van der Waals surface area contributed by atoms with Gasteiger partial charge in [0.15, 0.2) is 5.54 Å². The van der Waals surface area contributed by atoms with Gasteiger partial charge in [0.05, 0.1) is 14.2 Å². The summed E-state index contributed by atoms with van der Waals surface area (Å²) in [5.74, 6) is -0.949. The number of methoxy groups -OCH3 is 2. The van der Waals surface area contributed by atoms with E-state index in [0.29, 0.717) is 11.3 Å². The Labute approximate surface area is 163 Å². The molecule has 7 nitrogen and oxygen atoms in total.